The van der Waals surface area contributed by atoms with Crippen LogP contribution in [0, 0.1) is 0 Å². The van der Waals surface area contributed by atoms with Crippen LogP contribution in [0.25, 0.3) is 22.3 Å². The van der Waals surface area contributed by atoms with Gasteiger partial charge in [-0.2, -0.15) is 0 Å². The summed E-state index contributed by atoms with van der Waals surface area (Å²) >= 11 is 0. The van der Waals surface area contributed by atoms with Crippen LogP contribution < -0.4 is 11.5 Å². The molecule has 4 heteroatoms. The van der Waals surface area contributed by atoms with E-state index in [9.17, 15) is 9.59 Å². The number of Topliss-reactive ketones (excluding diaryl/α,β-unsaturated/α-hetero) is 1. The number of hydrogen-bond acceptors (Lipinski definition) is 4. The van der Waals surface area contributed by atoms with Gasteiger partial charge in [-0.15, -0.1) is 0 Å². The van der Waals surface area contributed by atoms with Crippen LogP contribution in [0.5, 0.6) is 0 Å². The standard InChI is InChI=1S/C43H54N2O2/c1-2-3-4-5-6-7-8-9-10-11-12-13-14-15-16-23-42(46)33-24-26-34(27-25-33)43(47)39-29-37(35-19-17-21-40(44)31-35)28-38(30-39)36-20-18-22-41(45)32-36/h17-22,24-32H,2-16,23,44-45H2,1H3. The van der Waals surface area contributed by atoms with Gasteiger partial charge in [-0.05, 0) is 71.1 Å². The van der Waals surface area contributed by atoms with E-state index < -0.39 is 0 Å². The average Bonchev–Trinajstić information content (AvgIpc) is 3.09. The van der Waals surface area contributed by atoms with Crippen molar-refractivity contribution in [3.63, 3.8) is 0 Å². The van der Waals surface area contributed by atoms with E-state index in [0.29, 0.717) is 34.5 Å². The van der Waals surface area contributed by atoms with Gasteiger partial charge in [-0.25, -0.2) is 0 Å². The second-order valence-corrected chi connectivity index (χ2v) is 13.1. The van der Waals surface area contributed by atoms with Crippen molar-refractivity contribution >= 4 is 22.9 Å². The molecule has 4 nitrogen and oxygen atoms in total. The van der Waals surface area contributed by atoms with Gasteiger partial charge in [0, 0.05) is 34.5 Å². The Morgan fingerprint density at radius 2 is 0.872 bits per heavy atom. The number of ketones is 2. The van der Waals surface area contributed by atoms with Crippen LogP contribution in [0.15, 0.2) is 91.0 Å². The SMILES string of the molecule is CCCCCCCCCCCCCCCCCC(=O)c1ccc(C(=O)c2cc(-c3cccc(N)c3)cc(-c3cccc(N)c3)c2)cc1. The third-order valence-electron chi connectivity index (χ3n) is 9.11. The third kappa shape index (κ3) is 11.8. The summed E-state index contributed by atoms with van der Waals surface area (Å²) in [6, 6.07) is 28.3. The largest absolute Gasteiger partial charge is 0.399 e. The van der Waals surface area contributed by atoms with E-state index in [2.05, 4.69) is 13.0 Å². The van der Waals surface area contributed by atoms with Crippen molar-refractivity contribution in [1.82, 2.24) is 0 Å². The Labute approximate surface area is 283 Å². The van der Waals surface area contributed by atoms with E-state index in [1.54, 1.807) is 24.3 Å². The van der Waals surface area contributed by atoms with E-state index in [0.717, 1.165) is 35.1 Å². The van der Waals surface area contributed by atoms with Crippen molar-refractivity contribution in [1.29, 1.82) is 0 Å². The predicted octanol–water partition coefficient (Wildman–Crippen LogP) is 11.9. The van der Waals surface area contributed by atoms with Crippen molar-refractivity contribution < 1.29 is 9.59 Å². The summed E-state index contributed by atoms with van der Waals surface area (Å²) in [6.45, 7) is 2.27. The number of unbranched alkanes of at least 4 members (excludes halogenated alkanes) is 14. The maximum Gasteiger partial charge on any atom is 0.193 e. The molecule has 0 amide bonds. The Morgan fingerprint density at radius 3 is 1.32 bits per heavy atom. The summed E-state index contributed by atoms with van der Waals surface area (Å²) in [5.41, 5.74) is 18.9. The van der Waals surface area contributed by atoms with Gasteiger partial charge >= 0.3 is 0 Å². The van der Waals surface area contributed by atoms with Gasteiger partial charge in [-0.3, -0.25) is 9.59 Å². The number of benzene rings is 4. The van der Waals surface area contributed by atoms with Crippen molar-refractivity contribution in [2.24, 2.45) is 0 Å². The molecule has 0 fully saturated rings. The lowest BCUT2D eigenvalue weighted by molar-refractivity contribution is 0.0977. The van der Waals surface area contributed by atoms with E-state index in [1.165, 1.54) is 83.5 Å². The van der Waals surface area contributed by atoms with Crippen LogP contribution in [-0.2, 0) is 0 Å². The number of hydrogen-bond donors (Lipinski definition) is 2. The molecule has 0 bridgehead atoms. The Morgan fingerprint density at radius 1 is 0.447 bits per heavy atom. The molecular weight excluding hydrogens is 576 g/mol. The van der Waals surface area contributed by atoms with Crippen molar-refractivity contribution in [2.45, 2.75) is 110 Å². The van der Waals surface area contributed by atoms with Crippen LogP contribution >= 0.6 is 0 Å². The second-order valence-electron chi connectivity index (χ2n) is 13.1. The molecule has 47 heavy (non-hydrogen) atoms. The Hall–Kier alpha value is -4.18. The molecule has 4 aromatic rings. The Kier molecular flexibility index (Phi) is 14.8. The fourth-order valence-corrected chi connectivity index (χ4v) is 6.30. The van der Waals surface area contributed by atoms with Crippen LogP contribution in [0.4, 0.5) is 11.4 Å². The number of carbonyl (C=O) groups is 2. The lowest BCUT2D eigenvalue weighted by atomic mass is 9.92. The summed E-state index contributed by atoms with van der Waals surface area (Å²) < 4.78 is 0. The number of anilines is 2. The summed E-state index contributed by atoms with van der Waals surface area (Å²) in [5, 5.41) is 0. The molecule has 0 unspecified atom stereocenters. The third-order valence-corrected chi connectivity index (χ3v) is 9.11. The molecule has 0 spiro atoms. The van der Waals surface area contributed by atoms with Gasteiger partial charge < -0.3 is 11.5 Å². The minimum absolute atomic E-state index is 0.0951. The highest BCUT2D eigenvalue weighted by Crippen LogP contribution is 2.31. The normalized spacial score (nSPS) is 11.1. The van der Waals surface area contributed by atoms with Crippen LogP contribution in [0.1, 0.15) is 136 Å². The molecule has 0 saturated carbocycles. The van der Waals surface area contributed by atoms with Crippen molar-refractivity contribution in [2.75, 3.05) is 11.5 Å². The van der Waals surface area contributed by atoms with Gasteiger partial charge in [0.25, 0.3) is 0 Å². The van der Waals surface area contributed by atoms with Crippen LogP contribution in [-0.4, -0.2) is 11.6 Å². The minimum atomic E-state index is -0.0951. The predicted molar refractivity (Wildman–Crippen MR) is 200 cm³/mol. The highest BCUT2D eigenvalue weighted by Gasteiger charge is 2.15. The lowest BCUT2D eigenvalue weighted by Gasteiger charge is -2.12. The molecule has 0 aliphatic rings. The fraction of sp³-hybridized carbons (Fsp3) is 0.395. The first-order valence-corrected chi connectivity index (χ1v) is 18.0. The summed E-state index contributed by atoms with van der Waals surface area (Å²) in [4.78, 5) is 26.6. The molecule has 0 aliphatic carbocycles. The molecule has 0 heterocycles. The molecule has 0 atom stereocenters. The molecule has 0 radical (unpaired) electrons. The van der Waals surface area contributed by atoms with E-state index in [4.69, 9.17) is 11.5 Å². The van der Waals surface area contributed by atoms with Crippen LogP contribution in [0.2, 0.25) is 0 Å². The summed E-state index contributed by atoms with van der Waals surface area (Å²) in [6.07, 6.45) is 20.2. The average molecular weight is 631 g/mol. The minimum Gasteiger partial charge on any atom is -0.399 e. The maximum absolute atomic E-state index is 13.7. The van der Waals surface area contributed by atoms with Gasteiger partial charge in [0.1, 0.15) is 0 Å². The second kappa shape index (κ2) is 19.5. The van der Waals surface area contributed by atoms with Crippen LogP contribution in [0.3, 0.4) is 0 Å². The number of rotatable bonds is 21. The molecule has 4 N–H and O–H groups in total. The monoisotopic (exact) mass is 630 g/mol. The maximum atomic E-state index is 13.7. The highest BCUT2D eigenvalue weighted by atomic mass is 16.1. The molecule has 0 aromatic heterocycles. The number of nitrogen functional groups attached to an aromatic ring is 2. The first-order valence-electron chi connectivity index (χ1n) is 18.0. The fourth-order valence-electron chi connectivity index (χ4n) is 6.30. The quantitative estimate of drug-likeness (QED) is 0.0545. The van der Waals surface area contributed by atoms with E-state index >= 15 is 0 Å². The zero-order chi connectivity index (χ0) is 33.3. The van der Waals surface area contributed by atoms with Crippen molar-refractivity contribution in [3.8, 4) is 22.3 Å². The smallest absolute Gasteiger partial charge is 0.193 e. The topological polar surface area (TPSA) is 86.2 Å². The van der Waals surface area contributed by atoms with Gasteiger partial charge in [-0.1, -0.05) is 145 Å². The van der Waals surface area contributed by atoms with Gasteiger partial charge in [0.15, 0.2) is 11.6 Å². The Balaban J connectivity index is 1.24. The molecule has 0 aliphatic heterocycles. The summed E-state index contributed by atoms with van der Waals surface area (Å²) in [5.74, 6) is 0.0497. The zero-order valence-electron chi connectivity index (χ0n) is 28.4. The zero-order valence-corrected chi connectivity index (χ0v) is 28.4. The lowest BCUT2D eigenvalue weighted by Crippen LogP contribution is -2.04. The number of carbonyl (C=O) groups excluding carboxylic acids is 2. The molecule has 4 rings (SSSR count). The molecule has 0 saturated heterocycles. The highest BCUT2D eigenvalue weighted by molar-refractivity contribution is 6.10. The number of nitrogens with two attached hydrogens (primary N) is 2. The van der Waals surface area contributed by atoms with E-state index in [-0.39, 0.29) is 11.6 Å². The molecule has 4 aromatic carbocycles. The van der Waals surface area contributed by atoms with Crippen molar-refractivity contribution in [3.05, 3.63) is 108 Å². The summed E-state index contributed by atoms with van der Waals surface area (Å²) in [7, 11) is 0. The van der Waals surface area contributed by atoms with Gasteiger partial charge in [0.05, 0.1) is 0 Å². The molecule has 248 valence electrons. The van der Waals surface area contributed by atoms with Gasteiger partial charge in [0.2, 0.25) is 0 Å². The first-order chi connectivity index (χ1) is 22.9. The Bertz CT molecular complexity index is 1490. The van der Waals surface area contributed by atoms with E-state index in [1.807, 2.05) is 60.7 Å². The first kappa shape index (κ1) is 35.7. The molecular formula is C43H54N2O2.